The molecule has 0 aliphatic carbocycles. The minimum Gasteiger partial charge on any atom is -0.444 e. The lowest BCUT2D eigenvalue weighted by Crippen LogP contribution is -2.53. The van der Waals surface area contributed by atoms with Crippen molar-refractivity contribution in [2.24, 2.45) is 0 Å². The van der Waals surface area contributed by atoms with Crippen molar-refractivity contribution in [2.45, 2.75) is 98.4 Å². The molecule has 0 bridgehead atoms. The third-order valence-electron chi connectivity index (χ3n) is 5.62. The highest BCUT2D eigenvalue weighted by atomic mass is 32.2. The first-order chi connectivity index (χ1) is 16.3. The summed E-state index contributed by atoms with van der Waals surface area (Å²) in [5, 5.41) is 5.86. The van der Waals surface area contributed by atoms with E-state index >= 15 is 0 Å². The fourth-order valence-electron chi connectivity index (χ4n) is 3.94. The molecule has 3 amide bonds. The molecule has 2 N–H and O–H groups in total. The van der Waals surface area contributed by atoms with Crippen LogP contribution in [0.25, 0.3) is 0 Å². The molecule has 0 aromatic heterocycles. The summed E-state index contributed by atoms with van der Waals surface area (Å²) in [6, 6.07) is 4.33. The van der Waals surface area contributed by atoms with Crippen molar-refractivity contribution in [3.63, 3.8) is 0 Å². The number of benzene rings is 1. The van der Waals surface area contributed by atoms with E-state index in [4.69, 9.17) is 4.74 Å². The highest BCUT2D eigenvalue weighted by molar-refractivity contribution is 7.98. The van der Waals surface area contributed by atoms with Crippen LogP contribution in [-0.2, 0) is 14.3 Å². The van der Waals surface area contributed by atoms with E-state index in [1.54, 1.807) is 37.4 Å². The van der Waals surface area contributed by atoms with E-state index in [1.165, 1.54) is 0 Å². The number of amides is 3. The average Bonchev–Trinajstić information content (AvgIpc) is 2.75. The maximum absolute atomic E-state index is 13.9. The molecule has 0 heterocycles. The topological polar surface area (TPSA) is 87.7 Å². The molecule has 198 valence electrons. The van der Waals surface area contributed by atoms with Gasteiger partial charge in [-0.25, -0.2) is 4.79 Å². The van der Waals surface area contributed by atoms with Gasteiger partial charge in [0.2, 0.25) is 11.8 Å². The smallest absolute Gasteiger partial charge is 0.408 e. The Bertz CT molecular complexity index is 853. The Hall–Kier alpha value is -2.22. The third-order valence-corrected chi connectivity index (χ3v) is 6.27. The molecule has 0 radical (unpaired) electrons. The lowest BCUT2D eigenvalue weighted by molar-refractivity contribution is -0.142. The van der Waals surface area contributed by atoms with E-state index < -0.39 is 23.8 Å². The van der Waals surface area contributed by atoms with Crippen molar-refractivity contribution in [3.8, 4) is 0 Å². The fourth-order valence-corrected chi connectivity index (χ4v) is 4.41. The fraction of sp³-hybridized carbons (Fsp3) is 0.667. The number of aryl methyl sites for hydroxylation is 2. The predicted octanol–water partition coefficient (Wildman–Crippen LogP) is 5.14. The molecule has 8 heteroatoms. The maximum atomic E-state index is 13.9. The predicted molar refractivity (Wildman–Crippen MR) is 145 cm³/mol. The number of hydrogen-bond acceptors (Lipinski definition) is 5. The highest BCUT2D eigenvalue weighted by Crippen LogP contribution is 2.27. The number of hydrogen-bond donors (Lipinski definition) is 2. The van der Waals surface area contributed by atoms with E-state index in [9.17, 15) is 14.4 Å². The van der Waals surface area contributed by atoms with Crippen LogP contribution in [0.3, 0.4) is 0 Å². The van der Waals surface area contributed by atoms with Crippen molar-refractivity contribution in [2.75, 3.05) is 18.6 Å². The second-order valence-corrected chi connectivity index (χ2v) is 11.1. The van der Waals surface area contributed by atoms with Crippen molar-refractivity contribution in [3.05, 3.63) is 34.9 Å². The molecule has 0 saturated carbocycles. The molecule has 35 heavy (non-hydrogen) atoms. The summed E-state index contributed by atoms with van der Waals surface area (Å²) in [7, 11) is 0. The molecule has 3 unspecified atom stereocenters. The number of ether oxygens (including phenoxy) is 1. The van der Waals surface area contributed by atoms with Gasteiger partial charge in [0.15, 0.2) is 0 Å². The number of rotatable bonds is 12. The number of alkyl carbamates (subject to hydrolysis) is 1. The molecule has 1 aromatic rings. The lowest BCUT2D eigenvalue weighted by Gasteiger charge is -2.35. The van der Waals surface area contributed by atoms with Gasteiger partial charge in [-0.3, -0.25) is 9.59 Å². The first kappa shape index (κ1) is 30.8. The van der Waals surface area contributed by atoms with Crippen LogP contribution in [0.4, 0.5) is 4.79 Å². The number of thioether (sulfide) groups is 1. The SMILES string of the molecule is CCCC(C)NC(=O)C(c1cc(C)ccc1C)N(CC)C(=O)C(CCSC)NC(=O)OC(C)(C)C. The van der Waals surface area contributed by atoms with Gasteiger partial charge >= 0.3 is 6.09 Å². The van der Waals surface area contributed by atoms with E-state index in [0.29, 0.717) is 18.7 Å². The van der Waals surface area contributed by atoms with Gasteiger partial charge in [-0.15, -0.1) is 0 Å². The molecule has 0 spiro atoms. The molecular formula is C27H45N3O4S. The summed E-state index contributed by atoms with van der Waals surface area (Å²) in [5.74, 6) is 0.171. The minimum absolute atomic E-state index is 0.0129. The molecule has 0 saturated heterocycles. The van der Waals surface area contributed by atoms with Crippen LogP contribution in [0.5, 0.6) is 0 Å². The van der Waals surface area contributed by atoms with E-state index in [1.807, 2.05) is 52.1 Å². The van der Waals surface area contributed by atoms with Crippen molar-refractivity contribution in [1.82, 2.24) is 15.5 Å². The van der Waals surface area contributed by atoms with Gasteiger partial charge in [0.25, 0.3) is 0 Å². The molecule has 1 aromatic carbocycles. The average molecular weight is 508 g/mol. The van der Waals surface area contributed by atoms with Gasteiger partial charge in [0, 0.05) is 12.6 Å². The normalized spacial score (nSPS) is 14.0. The van der Waals surface area contributed by atoms with E-state index in [0.717, 1.165) is 29.5 Å². The highest BCUT2D eigenvalue weighted by Gasteiger charge is 2.36. The Morgan fingerprint density at radius 3 is 2.29 bits per heavy atom. The van der Waals surface area contributed by atoms with Gasteiger partial charge in [-0.05, 0) is 84.4 Å². The van der Waals surface area contributed by atoms with Crippen LogP contribution in [0.2, 0.25) is 0 Å². The molecule has 1 rings (SSSR count). The zero-order valence-electron chi connectivity index (χ0n) is 23.0. The first-order valence-electron chi connectivity index (χ1n) is 12.5. The molecular weight excluding hydrogens is 462 g/mol. The zero-order chi connectivity index (χ0) is 26.8. The van der Waals surface area contributed by atoms with Gasteiger partial charge in [-0.2, -0.15) is 11.8 Å². The number of carbonyl (C=O) groups excluding carboxylic acids is 3. The summed E-state index contributed by atoms with van der Waals surface area (Å²) in [5.41, 5.74) is 2.06. The number of carbonyl (C=O) groups is 3. The number of likely N-dealkylation sites (N-methyl/N-ethyl adjacent to an activating group) is 1. The van der Waals surface area contributed by atoms with Crippen molar-refractivity contribution >= 4 is 29.7 Å². The Kier molecular flexibility index (Phi) is 12.6. The Morgan fingerprint density at radius 1 is 1.09 bits per heavy atom. The van der Waals surface area contributed by atoms with Crippen LogP contribution < -0.4 is 10.6 Å². The third kappa shape index (κ3) is 10.1. The molecule has 0 fully saturated rings. The van der Waals surface area contributed by atoms with E-state index in [2.05, 4.69) is 17.6 Å². The summed E-state index contributed by atoms with van der Waals surface area (Å²) in [6.45, 7) is 15.5. The second-order valence-electron chi connectivity index (χ2n) is 10.1. The number of nitrogens with zero attached hydrogens (tertiary/aromatic N) is 1. The van der Waals surface area contributed by atoms with Crippen molar-refractivity contribution in [1.29, 1.82) is 0 Å². The second kappa shape index (κ2) is 14.4. The Balaban J connectivity index is 3.41. The van der Waals surface area contributed by atoms with Gasteiger partial charge in [0.1, 0.15) is 17.7 Å². The largest absolute Gasteiger partial charge is 0.444 e. The van der Waals surface area contributed by atoms with Crippen LogP contribution >= 0.6 is 11.8 Å². The van der Waals surface area contributed by atoms with Crippen molar-refractivity contribution < 1.29 is 19.1 Å². The summed E-state index contributed by atoms with van der Waals surface area (Å²) in [4.78, 5) is 41.6. The molecule has 3 atom stereocenters. The molecule has 0 aliphatic heterocycles. The standard InChI is InChI=1S/C27H45N3O4S/c1-10-12-20(5)28-24(31)23(21-17-18(3)13-14-19(21)4)30(11-2)25(32)22(15-16-35-9)29-26(33)34-27(6,7)8/h13-14,17,20,22-23H,10-12,15-16H2,1-9H3,(H,28,31)(H,29,33). The van der Waals surface area contributed by atoms with E-state index in [-0.39, 0.29) is 17.9 Å². The first-order valence-corrected chi connectivity index (χ1v) is 13.9. The lowest BCUT2D eigenvalue weighted by atomic mass is 9.95. The Labute approximate surface area is 216 Å². The summed E-state index contributed by atoms with van der Waals surface area (Å²) in [6.07, 6.45) is 3.54. The molecule has 0 aliphatic rings. The monoisotopic (exact) mass is 507 g/mol. The quantitative estimate of drug-likeness (QED) is 0.409. The van der Waals surface area contributed by atoms with Crippen LogP contribution in [-0.4, -0.2) is 59.0 Å². The van der Waals surface area contributed by atoms with Crippen LogP contribution in [0.1, 0.15) is 83.5 Å². The van der Waals surface area contributed by atoms with Crippen LogP contribution in [0, 0.1) is 13.8 Å². The summed E-state index contributed by atoms with van der Waals surface area (Å²) < 4.78 is 5.41. The van der Waals surface area contributed by atoms with Crippen LogP contribution in [0.15, 0.2) is 18.2 Å². The van der Waals surface area contributed by atoms with Gasteiger partial charge in [0.05, 0.1) is 0 Å². The Morgan fingerprint density at radius 2 is 1.74 bits per heavy atom. The number of nitrogens with one attached hydrogen (secondary N) is 2. The van der Waals surface area contributed by atoms with Gasteiger partial charge in [-0.1, -0.05) is 37.1 Å². The summed E-state index contributed by atoms with van der Waals surface area (Å²) >= 11 is 1.59. The molecule has 7 nitrogen and oxygen atoms in total. The minimum atomic E-state index is -0.802. The van der Waals surface area contributed by atoms with Gasteiger partial charge < -0.3 is 20.3 Å². The zero-order valence-corrected chi connectivity index (χ0v) is 23.8. The maximum Gasteiger partial charge on any atom is 0.408 e.